The zero-order valence-corrected chi connectivity index (χ0v) is 13.0. The smallest absolute Gasteiger partial charge is 0.374 e. The normalized spacial score (nSPS) is 21.7. The van der Waals surface area contributed by atoms with Gasteiger partial charge in [-0.15, -0.1) is 0 Å². The second-order valence-electron chi connectivity index (χ2n) is 5.08. The second-order valence-corrected chi connectivity index (χ2v) is 7.99. The van der Waals surface area contributed by atoms with Crippen molar-refractivity contribution in [2.45, 2.75) is 39.2 Å². The van der Waals surface area contributed by atoms with Crippen molar-refractivity contribution in [3.63, 3.8) is 0 Å². The van der Waals surface area contributed by atoms with Gasteiger partial charge in [0.1, 0.15) is 6.17 Å². The van der Waals surface area contributed by atoms with Crippen LogP contribution in [0.2, 0.25) is 0 Å². The lowest BCUT2D eigenvalue weighted by Crippen LogP contribution is -2.64. The molecule has 0 aromatic heterocycles. The van der Waals surface area contributed by atoms with Crippen LogP contribution < -0.4 is 0 Å². The molecule has 0 aromatic carbocycles. The van der Waals surface area contributed by atoms with Crippen LogP contribution in [-0.2, 0) is 13.3 Å². The molecule has 0 N–H and O–H groups in total. The highest BCUT2D eigenvalue weighted by Gasteiger charge is 2.51. The number of quaternary nitrogens is 1. The van der Waals surface area contributed by atoms with Gasteiger partial charge in [0, 0.05) is 34.2 Å². The Morgan fingerprint density at radius 3 is 1.88 bits per heavy atom. The van der Waals surface area contributed by atoms with Gasteiger partial charge in [-0.1, -0.05) is 6.92 Å². The summed E-state index contributed by atoms with van der Waals surface area (Å²) in [6.07, 6.45) is 4.73. The van der Waals surface area contributed by atoms with E-state index < -0.39 is 8.80 Å². The third kappa shape index (κ3) is 3.09. The van der Waals surface area contributed by atoms with Crippen LogP contribution >= 0.6 is 0 Å². The topological polar surface area (TPSA) is 27.7 Å². The molecule has 4 nitrogen and oxygen atoms in total. The maximum atomic E-state index is 5.60. The first-order valence-corrected chi connectivity index (χ1v) is 8.52. The maximum Gasteiger partial charge on any atom is 0.558 e. The largest absolute Gasteiger partial charge is 0.558 e. The van der Waals surface area contributed by atoms with Gasteiger partial charge in [-0.05, 0) is 13.3 Å². The van der Waals surface area contributed by atoms with Crippen LogP contribution in [0.15, 0.2) is 0 Å². The summed E-state index contributed by atoms with van der Waals surface area (Å²) in [7, 11) is 2.67. The molecule has 0 saturated carbocycles. The first-order valence-electron chi connectivity index (χ1n) is 6.59. The number of rotatable bonds is 7. The summed E-state index contributed by atoms with van der Waals surface area (Å²) in [4.78, 5) is 0. The summed E-state index contributed by atoms with van der Waals surface area (Å²) >= 11 is 0. The Hall–Kier alpha value is 0.0569. The van der Waals surface area contributed by atoms with Gasteiger partial charge in [0.2, 0.25) is 0 Å². The highest BCUT2D eigenvalue weighted by Crippen LogP contribution is 2.28. The SMILES string of the molecule is CCC(C)[N+]1(C[Si](OC)(OC)OC)CCCC1. The average Bonchev–Trinajstić information content (AvgIpc) is 2.85. The van der Waals surface area contributed by atoms with Gasteiger partial charge < -0.3 is 17.8 Å². The lowest BCUT2D eigenvalue weighted by Gasteiger charge is -2.43. The first kappa shape index (κ1) is 15.1. The second kappa shape index (κ2) is 6.29. The predicted octanol–water partition coefficient (Wildman–Crippen LogP) is 1.81. The van der Waals surface area contributed by atoms with Gasteiger partial charge >= 0.3 is 8.80 Å². The summed E-state index contributed by atoms with van der Waals surface area (Å²) in [6.45, 7) is 7.07. The molecule has 0 aliphatic carbocycles. The molecule has 1 aliphatic heterocycles. The molecule has 5 heteroatoms. The number of hydrogen-bond donors (Lipinski definition) is 0. The molecule has 1 saturated heterocycles. The van der Waals surface area contributed by atoms with E-state index in [1.807, 2.05) is 0 Å². The van der Waals surface area contributed by atoms with Crippen molar-refractivity contribution in [2.24, 2.45) is 0 Å². The fraction of sp³-hybridized carbons (Fsp3) is 1.00. The van der Waals surface area contributed by atoms with Crippen molar-refractivity contribution in [3.05, 3.63) is 0 Å². The Balaban J connectivity index is 2.85. The monoisotopic (exact) mass is 262 g/mol. The van der Waals surface area contributed by atoms with E-state index >= 15 is 0 Å². The standard InChI is InChI=1S/C12H28NO3Si/c1-6-12(2)13(9-7-8-10-13)11-17(14-3,15-4)16-5/h12H,6-11H2,1-5H3/q+1. The van der Waals surface area contributed by atoms with Crippen molar-refractivity contribution in [3.8, 4) is 0 Å². The minimum atomic E-state index is -2.46. The third-order valence-corrected chi connectivity index (χ3v) is 7.31. The molecule has 0 bridgehead atoms. The van der Waals surface area contributed by atoms with Crippen LogP contribution in [0.4, 0.5) is 0 Å². The van der Waals surface area contributed by atoms with Crippen LogP contribution in [0.1, 0.15) is 33.1 Å². The Bertz CT molecular complexity index is 220. The van der Waals surface area contributed by atoms with E-state index in [1.54, 1.807) is 21.3 Å². The van der Waals surface area contributed by atoms with E-state index in [-0.39, 0.29) is 0 Å². The van der Waals surface area contributed by atoms with Crippen molar-refractivity contribution in [2.75, 3.05) is 40.6 Å². The van der Waals surface area contributed by atoms with E-state index in [4.69, 9.17) is 13.3 Å². The lowest BCUT2D eigenvalue weighted by atomic mass is 10.2. The van der Waals surface area contributed by atoms with Crippen molar-refractivity contribution in [1.29, 1.82) is 0 Å². The minimum Gasteiger partial charge on any atom is -0.374 e. The van der Waals surface area contributed by atoms with E-state index in [0.717, 1.165) is 10.7 Å². The molecule has 17 heavy (non-hydrogen) atoms. The van der Waals surface area contributed by atoms with Crippen LogP contribution in [0.3, 0.4) is 0 Å². The predicted molar refractivity (Wildman–Crippen MR) is 70.6 cm³/mol. The van der Waals surface area contributed by atoms with Crippen molar-refractivity contribution >= 4 is 8.80 Å². The van der Waals surface area contributed by atoms with E-state index in [9.17, 15) is 0 Å². The molecule has 0 aromatic rings. The van der Waals surface area contributed by atoms with E-state index in [2.05, 4.69) is 13.8 Å². The molecule has 0 radical (unpaired) electrons. The van der Waals surface area contributed by atoms with Crippen LogP contribution in [0, 0.1) is 0 Å². The zero-order chi connectivity index (χ0) is 12.9. The number of nitrogens with zero attached hydrogens (tertiary/aromatic N) is 1. The van der Waals surface area contributed by atoms with Crippen LogP contribution in [0.25, 0.3) is 0 Å². The highest BCUT2D eigenvalue weighted by atomic mass is 28.4. The maximum absolute atomic E-state index is 5.60. The Morgan fingerprint density at radius 1 is 1.06 bits per heavy atom. The summed E-state index contributed by atoms with van der Waals surface area (Å²) in [5.41, 5.74) is 0. The van der Waals surface area contributed by atoms with E-state index in [0.29, 0.717) is 6.04 Å². The molecule has 1 aliphatic rings. The Labute approximate surface area is 107 Å². The zero-order valence-electron chi connectivity index (χ0n) is 12.0. The van der Waals surface area contributed by atoms with Gasteiger partial charge in [-0.2, -0.15) is 0 Å². The summed E-state index contributed by atoms with van der Waals surface area (Å²) in [5.74, 6) is 0. The van der Waals surface area contributed by atoms with Gasteiger partial charge in [0.05, 0.1) is 19.1 Å². The van der Waals surface area contributed by atoms with Crippen LogP contribution in [-0.4, -0.2) is 59.9 Å². The third-order valence-electron chi connectivity index (χ3n) is 4.42. The first-order chi connectivity index (χ1) is 8.08. The fourth-order valence-corrected chi connectivity index (χ4v) is 5.22. The minimum absolute atomic E-state index is 0.657. The Kier molecular flexibility index (Phi) is 5.59. The van der Waals surface area contributed by atoms with Gasteiger partial charge in [0.25, 0.3) is 0 Å². The van der Waals surface area contributed by atoms with Crippen molar-refractivity contribution in [1.82, 2.24) is 0 Å². The highest BCUT2D eigenvalue weighted by molar-refractivity contribution is 6.60. The quantitative estimate of drug-likeness (QED) is 0.517. The molecule has 102 valence electrons. The summed E-state index contributed by atoms with van der Waals surface area (Å²) < 4.78 is 17.9. The summed E-state index contributed by atoms with van der Waals surface area (Å²) in [5, 5.41) is 0. The molecule has 0 spiro atoms. The average molecular weight is 262 g/mol. The fourth-order valence-electron chi connectivity index (χ4n) is 2.94. The van der Waals surface area contributed by atoms with E-state index in [1.165, 1.54) is 32.4 Å². The number of hydrogen-bond acceptors (Lipinski definition) is 3. The molecule has 1 rings (SSSR count). The van der Waals surface area contributed by atoms with Crippen molar-refractivity contribution < 1.29 is 17.8 Å². The molecule has 1 unspecified atom stereocenters. The molecular formula is C12H28NO3Si+. The molecular weight excluding hydrogens is 234 g/mol. The molecule has 1 fully saturated rings. The molecule has 1 atom stereocenters. The molecule has 1 heterocycles. The lowest BCUT2D eigenvalue weighted by molar-refractivity contribution is -0.931. The van der Waals surface area contributed by atoms with Gasteiger partial charge in [-0.25, -0.2) is 0 Å². The van der Waals surface area contributed by atoms with Gasteiger partial charge in [0.15, 0.2) is 0 Å². The summed E-state index contributed by atoms with van der Waals surface area (Å²) in [6, 6.07) is 0.657. The number of likely N-dealkylation sites (tertiary alicyclic amines) is 1. The van der Waals surface area contributed by atoms with Crippen LogP contribution in [0.5, 0.6) is 0 Å². The molecule has 0 amide bonds. The Morgan fingerprint density at radius 2 is 1.53 bits per heavy atom. The van der Waals surface area contributed by atoms with Gasteiger partial charge in [-0.3, -0.25) is 0 Å².